The van der Waals surface area contributed by atoms with Gasteiger partial charge in [0.1, 0.15) is 17.2 Å². The predicted octanol–water partition coefficient (Wildman–Crippen LogP) is 4.61. The number of rotatable bonds is 9. The van der Waals surface area contributed by atoms with Gasteiger partial charge in [-0.2, -0.15) is 0 Å². The van der Waals surface area contributed by atoms with Crippen molar-refractivity contribution in [3.8, 4) is 28.6 Å². The Morgan fingerprint density at radius 2 is 1.80 bits per heavy atom. The van der Waals surface area contributed by atoms with Crippen molar-refractivity contribution >= 4 is 16.0 Å². The van der Waals surface area contributed by atoms with Crippen molar-refractivity contribution in [2.75, 3.05) is 18.9 Å². The quantitative estimate of drug-likeness (QED) is 0.458. The van der Waals surface area contributed by atoms with Gasteiger partial charge in [-0.25, -0.2) is 8.42 Å². The maximum atomic E-state index is 13.4. The van der Waals surface area contributed by atoms with E-state index in [4.69, 9.17) is 9.47 Å². The summed E-state index contributed by atoms with van der Waals surface area (Å²) in [5.41, 5.74) is 2.40. The Morgan fingerprint density at radius 1 is 1.14 bits per heavy atom. The van der Waals surface area contributed by atoms with Crippen LogP contribution in [0.2, 0.25) is 0 Å². The molecule has 2 heterocycles. The lowest BCUT2D eigenvalue weighted by Crippen LogP contribution is -2.36. The zero-order valence-electron chi connectivity index (χ0n) is 21.1. The summed E-state index contributed by atoms with van der Waals surface area (Å²) in [6.45, 7) is 8.09. The number of sulfonamides is 1. The minimum atomic E-state index is -3.74. The summed E-state index contributed by atoms with van der Waals surface area (Å²) in [4.78, 5) is 4.27. The second kappa shape index (κ2) is 9.49. The molecular weight excluding hydrogens is 466 g/mol. The Balaban J connectivity index is 1.78. The Labute approximate surface area is 207 Å². The molecule has 1 aliphatic rings. The van der Waals surface area contributed by atoms with Crippen LogP contribution in [0, 0.1) is 18.3 Å². The van der Waals surface area contributed by atoms with Gasteiger partial charge in [0.05, 0.1) is 19.5 Å². The minimum Gasteiger partial charge on any atom is -0.494 e. The molecule has 1 N–H and O–H groups in total. The highest BCUT2D eigenvalue weighted by molar-refractivity contribution is 7.93. The molecule has 0 saturated heterocycles. The van der Waals surface area contributed by atoms with Crippen molar-refractivity contribution in [2.24, 2.45) is 11.3 Å². The lowest BCUT2D eigenvalue weighted by atomic mass is 9.63. The van der Waals surface area contributed by atoms with Crippen LogP contribution in [0.1, 0.15) is 45.6 Å². The van der Waals surface area contributed by atoms with Crippen molar-refractivity contribution < 1.29 is 17.9 Å². The van der Waals surface area contributed by atoms with E-state index in [-0.39, 0.29) is 5.95 Å². The van der Waals surface area contributed by atoms with Crippen molar-refractivity contribution in [1.82, 2.24) is 19.7 Å². The maximum Gasteiger partial charge on any atom is 0.243 e. The van der Waals surface area contributed by atoms with Crippen LogP contribution in [0.4, 0.5) is 5.95 Å². The summed E-state index contributed by atoms with van der Waals surface area (Å²) < 4.78 is 42.2. The van der Waals surface area contributed by atoms with Gasteiger partial charge in [0, 0.05) is 18.0 Å². The topological polar surface area (TPSA) is 108 Å². The molecule has 0 unspecified atom stereocenters. The first-order chi connectivity index (χ1) is 16.5. The number of hydrogen-bond acceptors (Lipinski definition) is 7. The third-order valence-electron chi connectivity index (χ3n) is 6.53. The van der Waals surface area contributed by atoms with Crippen LogP contribution in [0.5, 0.6) is 11.5 Å². The summed E-state index contributed by atoms with van der Waals surface area (Å²) >= 11 is 0. The Morgan fingerprint density at radius 3 is 2.37 bits per heavy atom. The predicted molar refractivity (Wildman–Crippen MR) is 136 cm³/mol. The molecule has 0 amide bonds. The number of aromatic nitrogens is 4. The smallest absolute Gasteiger partial charge is 0.243 e. The monoisotopic (exact) mass is 499 g/mol. The second-order valence-corrected chi connectivity index (χ2v) is 12.2. The molecule has 1 aliphatic carbocycles. The minimum absolute atomic E-state index is 0.0603. The molecular formula is C25H33N5O4S. The molecule has 0 spiro atoms. The molecule has 1 fully saturated rings. The number of methoxy groups -OCH3 is 2. The number of para-hydroxylation sites is 1. The zero-order chi connectivity index (χ0) is 25.4. The van der Waals surface area contributed by atoms with Crippen LogP contribution in [0.15, 0.2) is 36.7 Å². The van der Waals surface area contributed by atoms with E-state index in [1.165, 1.54) is 0 Å². The first-order valence-corrected chi connectivity index (χ1v) is 13.2. The van der Waals surface area contributed by atoms with Gasteiger partial charge in [-0.15, -0.1) is 10.2 Å². The number of ether oxygens (including phenoxy) is 2. The lowest BCUT2D eigenvalue weighted by molar-refractivity contribution is 0.0899. The Bertz CT molecular complexity index is 1290. The van der Waals surface area contributed by atoms with Gasteiger partial charge < -0.3 is 9.47 Å². The van der Waals surface area contributed by atoms with Crippen molar-refractivity contribution in [3.05, 3.63) is 42.2 Å². The summed E-state index contributed by atoms with van der Waals surface area (Å²) in [5.74, 6) is 1.84. The molecule has 35 heavy (non-hydrogen) atoms. The highest BCUT2D eigenvalue weighted by atomic mass is 32.2. The largest absolute Gasteiger partial charge is 0.494 e. The molecule has 3 aromatic rings. The number of benzene rings is 1. The molecule has 0 bridgehead atoms. The Hall–Kier alpha value is -3.14. The molecule has 188 valence electrons. The fourth-order valence-corrected chi connectivity index (χ4v) is 6.09. The molecule has 2 aromatic heterocycles. The van der Waals surface area contributed by atoms with E-state index < -0.39 is 15.3 Å². The van der Waals surface area contributed by atoms with E-state index >= 15 is 0 Å². The normalized spacial score (nSPS) is 16.4. The van der Waals surface area contributed by atoms with Crippen molar-refractivity contribution in [3.63, 3.8) is 0 Å². The molecule has 0 aliphatic heterocycles. The zero-order valence-corrected chi connectivity index (χ0v) is 21.9. The van der Waals surface area contributed by atoms with E-state index in [0.29, 0.717) is 46.3 Å². The highest BCUT2D eigenvalue weighted by Crippen LogP contribution is 2.47. The summed E-state index contributed by atoms with van der Waals surface area (Å²) in [5, 5.41) is 7.99. The van der Waals surface area contributed by atoms with Gasteiger partial charge in [-0.05, 0) is 68.2 Å². The van der Waals surface area contributed by atoms with Crippen LogP contribution in [0.25, 0.3) is 17.1 Å². The fraction of sp³-hybridized carbons (Fsp3) is 0.480. The van der Waals surface area contributed by atoms with E-state index in [0.717, 1.165) is 18.4 Å². The van der Waals surface area contributed by atoms with Crippen LogP contribution in [-0.4, -0.2) is 47.6 Å². The third kappa shape index (κ3) is 5.12. The van der Waals surface area contributed by atoms with E-state index in [2.05, 4.69) is 33.8 Å². The second-order valence-electron chi connectivity index (χ2n) is 10.1. The standard InChI is InChI=1S/C25H33N5O4S/c1-16-10-19(15-26-14-16)23-27-28-24(30(23)22-20(33-5)8-7-9-21(22)34-6)29-35(31,32)17(2)11-18-12-25(3,4)13-18/h7-10,14-15,17-18H,11-13H2,1-6H3,(H,28,29)/t17-/m0/s1. The van der Waals surface area contributed by atoms with Crippen molar-refractivity contribution in [1.29, 1.82) is 0 Å². The molecule has 1 saturated carbocycles. The van der Waals surface area contributed by atoms with Gasteiger partial charge >= 0.3 is 0 Å². The van der Waals surface area contributed by atoms with E-state index in [1.807, 2.05) is 13.0 Å². The molecule has 1 atom stereocenters. The first-order valence-electron chi connectivity index (χ1n) is 11.6. The van der Waals surface area contributed by atoms with Gasteiger partial charge in [-0.1, -0.05) is 19.9 Å². The molecule has 9 nitrogen and oxygen atoms in total. The van der Waals surface area contributed by atoms with Gasteiger partial charge in [0.15, 0.2) is 5.82 Å². The van der Waals surface area contributed by atoms with Crippen molar-refractivity contribution in [2.45, 2.75) is 52.2 Å². The molecule has 1 aromatic carbocycles. The first kappa shape index (κ1) is 25.0. The SMILES string of the molecule is COc1cccc(OC)c1-n1c(NS(=O)(=O)[C@@H](C)CC2CC(C)(C)C2)nnc1-c1cncc(C)c1. The van der Waals surface area contributed by atoms with E-state index in [1.54, 1.807) is 56.3 Å². The number of anilines is 1. The summed E-state index contributed by atoms with van der Waals surface area (Å²) in [6, 6.07) is 7.25. The van der Waals surface area contributed by atoms with Gasteiger partial charge in [-0.3, -0.25) is 14.3 Å². The molecule has 0 radical (unpaired) electrons. The van der Waals surface area contributed by atoms with Crippen LogP contribution >= 0.6 is 0 Å². The van der Waals surface area contributed by atoms with E-state index in [9.17, 15) is 8.42 Å². The molecule has 10 heteroatoms. The summed E-state index contributed by atoms with van der Waals surface area (Å²) in [7, 11) is -0.651. The average molecular weight is 500 g/mol. The third-order valence-corrected chi connectivity index (χ3v) is 8.25. The number of aryl methyl sites for hydroxylation is 1. The molecule has 4 rings (SSSR count). The number of nitrogens with zero attached hydrogens (tertiary/aromatic N) is 4. The lowest BCUT2D eigenvalue weighted by Gasteiger charge is -2.43. The average Bonchev–Trinajstić information content (AvgIpc) is 3.19. The number of pyridine rings is 1. The van der Waals surface area contributed by atoms with Crippen LogP contribution < -0.4 is 14.2 Å². The fourth-order valence-electron chi connectivity index (χ4n) is 4.97. The highest BCUT2D eigenvalue weighted by Gasteiger charge is 2.39. The summed E-state index contributed by atoms with van der Waals surface area (Å²) in [6.07, 6.45) is 6.06. The van der Waals surface area contributed by atoms with Gasteiger partial charge in [0.2, 0.25) is 16.0 Å². The van der Waals surface area contributed by atoms with Gasteiger partial charge in [0.25, 0.3) is 0 Å². The number of nitrogens with one attached hydrogen (secondary N) is 1. The van der Waals surface area contributed by atoms with Crippen LogP contribution in [-0.2, 0) is 10.0 Å². The maximum absolute atomic E-state index is 13.4. The number of hydrogen-bond donors (Lipinski definition) is 1. The Kier molecular flexibility index (Phi) is 6.77. The van der Waals surface area contributed by atoms with Crippen LogP contribution in [0.3, 0.4) is 0 Å².